The minimum absolute atomic E-state index is 0.0899. The maximum atomic E-state index is 12.0. The molecule has 2 atom stereocenters. The van der Waals surface area contributed by atoms with Crippen molar-refractivity contribution in [1.82, 2.24) is 5.32 Å². The molecule has 5 nitrogen and oxygen atoms in total. The Labute approximate surface area is 116 Å². The Morgan fingerprint density at radius 1 is 1.47 bits per heavy atom. The number of anilines is 1. The van der Waals surface area contributed by atoms with Crippen molar-refractivity contribution >= 4 is 29.1 Å². The van der Waals surface area contributed by atoms with Crippen LogP contribution < -0.4 is 16.4 Å². The normalized spacial score (nSPS) is 22.2. The van der Waals surface area contributed by atoms with Crippen LogP contribution in [0.3, 0.4) is 0 Å². The van der Waals surface area contributed by atoms with E-state index in [9.17, 15) is 9.59 Å². The van der Waals surface area contributed by atoms with Gasteiger partial charge in [0.15, 0.2) is 0 Å². The average molecular weight is 282 g/mol. The van der Waals surface area contributed by atoms with Crippen LogP contribution in [0.5, 0.6) is 0 Å². The van der Waals surface area contributed by atoms with Crippen LogP contribution >= 0.6 is 11.6 Å². The van der Waals surface area contributed by atoms with Gasteiger partial charge in [-0.2, -0.15) is 0 Å². The summed E-state index contributed by atoms with van der Waals surface area (Å²) < 4.78 is 0. The zero-order chi connectivity index (χ0) is 14.0. The van der Waals surface area contributed by atoms with Crippen molar-refractivity contribution in [1.29, 1.82) is 0 Å². The van der Waals surface area contributed by atoms with Crippen LogP contribution in [-0.2, 0) is 4.79 Å². The van der Waals surface area contributed by atoms with E-state index in [4.69, 9.17) is 17.3 Å². The van der Waals surface area contributed by atoms with Crippen LogP contribution in [0.15, 0.2) is 18.2 Å². The topological polar surface area (TPSA) is 84.2 Å². The lowest BCUT2D eigenvalue weighted by Crippen LogP contribution is -2.39. The molecule has 2 amide bonds. The Kier molecular flexibility index (Phi) is 4.07. The van der Waals surface area contributed by atoms with Crippen molar-refractivity contribution in [2.75, 3.05) is 11.9 Å². The number of primary amides is 1. The molecule has 0 aromatic heterocycles. The van der Waals surface area contributed by atoms with E-state index in [0.717, 1.165) is 13.0 Å². The molecule has 2 rings (SSSR count). The second kappa shape index (κ2) is 5.59. The van der Waals surface area contributed by atoms with Gasteiger partial charge in [0.25, 0.3) is 0 Å². The highest BCUT2D eigenvalue weighted by Crippen LogP contribution is 2.22. The fourth-order valence-corrected chi connectivity index (χ4v) is 2.47. The minimum atomic E-state index is -0.589. The van der Waals surface area contributed by atoms with Gasteiger partial charge in [0.05, 0.1) is 16.6 Å². The summed E-state index contributed by atoms with van der Waals surface area (Å²) in [6, 6.07) is 4.46. The third-order valence-electron chi connectivity index (χ3n) is 3.32. The predicted octanol–water partition coefficient (Wildman–Crippen LogP) is 1.38. The summed E-state index contributed by atoms with van der Waals surface area (Å²) in [6.45, 7) is 2.88. The molecule has 102 valence electrons. The molecule has 0 spiro atoms. The van der Waals surface area contributed by atoms with E-state index in [0.29, 0.717) is 11.6 Å². The first-order chi connectivity index (χ1) is 8.99. The zero-order valence-electron chi connectivity index (χ0n) is 10.6. The predicted molar refractivity (Wildman–Crippen MR) is 74.2 cm³/mol. The van der Waals surface area contributed by atoms with Gasteiger partial charge in [-0.1, -0.05) is 18.5 Å². The summed E-state index contributed by atoms with van der Waals surface area (Å²) in [5.41, 5.74) is 5.96. The van der Waals surface area contributed by atoms with Crippen LogP contribution in [0.2, 0.25) is 5.02 Å². The maximum Gasteiger partial charge on any atom is 0.250 e. The molecule has 19 heavy (non-hydrogen) atoms. The van der Waals surface area contributed by atoms with Gasteiger partial charge < -0.3 is 16.4 Å². The van der Waals surface area contributed by atoms with Gasteiger partial charge in [-0.15, -0.1) is 0 Å². The van der Waals surface area contributed by atoms with E-state index in [1.165, 1.54) is 12.1 Å². The number of halogens is 1. The third kappa shape index (κ3) is 3.05. The summed E-state index contributed by atoms with van der Waals surface area (Å²) in [5, 5.41) is 6.17. The van der Waals surface area contributed by atoms with Crippen LogP contribution in [0.4, 0.5) is 5.69 Å². The third-order valence-corrected chi connectivity index (χ3v) is 3.63. The molecule has 0 bridgehead atoms. The van der Waals surface area contributed by atoms with E-state index < -0.39 is 5.91 Å². The highest BCUT2D eigenvalue weighted by atomic mass is 35.5. The van der Waals surface area contributed by atoms with Gasteiger partial charge in [0, 0.05) is 5.69 Å². The molecule has 1 aliphatic rings. The van der Waals surface area contributed by atoms with E-state index >= 15 is 0 Å². The standard InChI is InChI=1S/C13H16ClN3O2/c1-7-4-5-16-11(7)13(19)17-8-2-3-9(12(15)18)10(14)6-8/h2-3,6-7,11,16H,4-5H2,1H3,(H2,15,18)(H,17,19). The summed E-state index contributed by atoms with van der Waals surface area (Å²) in [5.74, 6) is -0.373. The lowest BCUT2D eigenvalue weighted by Gasteiger charge is -2.15. The Hall–Kier alpha value is -1.59. The molecule has 1 fully saturated rings. The molecule has 0 aliphatic carbocycles. The number of nitrogens with two attached hydrogens (primary N) is 1. The van der Waals surface area contributed by atoms with Crippen LogP contribution in [0, 0.1) is 5.92 Å². The highest BCUT2D eigenvalue weighted by Gasteiger charge is 2.29. The molecule has 1 heterocycles. The van der Waals surface area contributed by atoms with Gasteiger partial charge >= 0.3 is 0 Å². The smallest absolute Gasteiger partial charge is 0.250 e. The van der Waals surface area contributed by atoms with Crippen molar-refractivity contribution < 1.29 is 9.59 Å². The first-order valence-corrected chi connectivity index (χ1v) is 6.50. The molecule has 1 aromatic rings. The Morgan fingerprint density at radius 2 is 2.21 bits per heavy atom. The van der Waals surface area contributed by atoms with E-state index in [-0.39, 0.29) is 22.5 Å². The van der Waals surface area contributed by atoms with Gasteiger partial charge in [-0.05, 0) is 37.1 Å². The van der Waals surface area contributed by atoms with Crippen LogP contribution in [-0.4, -0.2) is 24.4 Å². The van der Waals surface area contributed by atoms with Crippen molar-refractivity contribution in [2.24, 2.45) is 11.7 Å². The minimum Gasteiger partial charge on any atom is -0.366 e. The van der Waals surface area contributed by atoms with Crippen LogP contribution in [0.1, 0.15) is 23.7 Å². The molecule has 1 aliphatic heterocycles. The van der Waals surface area contributed by atoms with E-state index in [2.05, 4.69) is 10.6 Å². The number of hydrogen-bond donors (Lipinski definition) is 3. The number of hydrogen-bond acceptors (Lipinski definition) is 3. The van der Waals surface area contributed by atoms with Crippen molar-refractivity contribution in [3.63, 3.8) is 0 Å². The molecule has 4 N–H and O–H groups in total. The van der Waals surface area contributed by atoms with E-state index in [1.807, 2.05) is 6.92 Å². The first-order valence-electron chi connectivity index (χ1n) is 6.12. The largest absolute Gasteiger partial charge is 0.366 e. The fourth-order valence-electron chi connectivity index (χ4n) is 2.20. The molecule has 0 radical (unpaired) electrons. The number of carbonyl (C=O) groups excluding carboxylic acids is 2. The Morgan fingerprint density at radius 3 is 2.74 bits per heavy atom. The number of nitrogens with one attached hydrogen (secondary N) is 2. The van der Waals surface area contributed by atoms with Crippen molar-refractivity contribution in [3.8, 4) is 0 Å². The zero-order valence-corrected chi connectivity index (χ0v) is 11.3. The molecule has 1 saturated heterocycles. The van der Waals surface area contributed by atoms with Crippen molar-refractivity contribution in [2.45, 2.75) is 19.4 Å². The van der Waals surface area contributed by atoms with E-state index in [1.54, 1.807) is 6.07 Å². The lowest BCUT2D eigenvalue weighted by atomic mass is 10.0. The maximum absolute atomic E-state index is 12.0. The highest BCUT2D eigenvalue weighted by molar-refractivity contribution is 6.34. The molecule has 1 aromatic carbocycles. The van der Waals surface area contributed by atoms with Crippen molar-refractivity contribution in [3.05, 3.63) is 28.8 Å². The second-order valence-electron chi connectivity index (χ2n) is 4.75. The Balaban J connectivity index is 2.09. The first kappa shape index (κ1) is 13.8. The fraction of sp³-hybridized carbons (Fsp3) is 0.385. The summed E-state index contributed by atoms with van der Waals surface area (Å²) in [6.07, 6.45) is 0.986. The summed E-state index contributed by atoms with van der Waals surface area (Å²) >= 11 is 5.93. The summed E-state index contributed by atoms with van der Waals surface area (Å²) in [4.78, 5) is 23.1. The summed E-state index contributed by atoms with van der Waals surface area (Å²) in [7, 11) is 0. The molecular weight excluding hydrogens is 266 g/mol. The van der Waals surface area contributed by atoms with Gasteiger partial charge in [-0.25, -0.2) is 0 Å². The average Bonchev–Trinajstić information content (AvgIpc) is 2.75. The van der Waals surface area contributed by atoms with Crippen LogP contribution in [0.25, 0.3) is 0 Å². The lowest BCUT2D eigenvalue weighted by molar-refractivity contribution is -0.118. The SMILES string of the molecule is CC1CCNC1C(=O)Nc1ccc(C(N)=O)c(Cl)c1. The number of rotatable bonds is 3. The second-order valence-corrected chi connectivity index (χ2v) is 5.15. The number of amides is 2. The van der Waals surface area contributed by atoms with Gasteiger partial charge in [0.2, 0.25) is 11.8 Å². The molecule has 2 unspecified atom stereocenters. The van der Waals surface area contributed by atoms with Gasteiger partial charge in [-0.3, -0.25) is 9.59 Å². The number of benzene rings is 1. The molecule has 6 heteroatoms. The number of carbonyl (C=O) groups is 2. The molecule has 0 saturated carbocycles. The molecular formula is C13H16ClN3O2. The quantitative estimate of drug-likeness (QED) is 0.782. The Bertz CT molecular complexity index is 519. The van der Waals surface area contributed by atoms with Gasteiger partial charge in [0.1, 0.15) is 0 Å². The monoisotopic (exact) mass is 281 g/mol.